The summed E-state index contributed by atoms with van der Waals surface area (Å²) in [7, 11) is 3.18. The van der Waals surface area contributed by atoms with E-state index in [0.717, 1.165) is 34.0 Å². The molecule has 0 bridgehead atoms. The number of fused-ring (bicyclic) bond motifs is 1. The summed E-state index contributed by atoms with van der Waals surface area (Å²) in [6.07, 6.45) is 0. The second-order valence-electron chi connectivity index (χ2n) is 4.33. The first-order valence-corrected chi connectivity index (χ1v) is 6.27. The van der Waals surface area contributed by atoms with E-state index in [1.54, 1.807) is 7.11 Å². The second kappa shape index (κ2) is 5.17. The van der Waals surface area contributed by atoms with E-state index in [9.17, 15) is 0 Å². The molecule has 0 unspecified atom stereocenters. The number of hydrogen-bond donors (Lipinski definition) is 0. The predicted octanol–water partition coefficient (Wildman–Crippen LogP) is 3.18. The largest absolute Gasteiger partial charge is 0.497 e. The normalized spacial score (nSPS) is 14.9. The van der Waals surface area contributed by atoms with Crippen molar-refractivity contribution in [3.8, 4) is 5.75 Å². The van der Waals surface area contributed by atoms with Crippen LogP contribution in [0.4, 0.5) is 5.69 Å². The van der Waals surface area contributed by atoms with Crippen LogP contribution >= 0.6 is 0 Å². The Morgan fingerprint density at radius 3 is 2.50 bits per heavy atom. The highest BCUT2D eigenvalue weighted by molar-refractivity contribution is 6.56. The van der Waals surface area contributed by atoms with Gasteiger partial charge in [0.25, 0.3) is 0 Å². The van der Waals surface area contributed by atoms with Crippen LogP contribution in [0, 0.1) is 0 Å². The van der Waals surface area contributed by atoms with Gasteiger partial charge in [-0.3, -0.25) is 0 Å². The Labute approximate surface area is 117 Å². The summed E-state index contributed by atoms with van der Waals surface area (Å²) in [6, 6.07) is 15.7. The summed E-state index contributed by atoms with van der Waals surface area (Å²) in [4.78, 5) is 9.62. The van der Waals surface area contributed by atoms with Gasteiger partial charge in [0, 0.05) is 11.1 Å². The van der Waals surface area contributed by atoms with Gasteiger partial charge >= 0.3 is 0 Å². The third kappa shape index (κ3) is 2.05. The van der Waals surface area contributed by atoms with Gasteiger partial charge < -0.3 is 9.57 Å². The van der Waals surface area contributed by atoms with Gasteiger partial charge in [0.1, 0.15) is 24.3 Å². The van der Waals surface area contributed by atoms with Gasteiger partial charge in [0.15, 0.2) is 0 Å². The quantitative estimate of drug-likeness (QED) is 0.801. The first-order valence-electron chi connectivity index (χ1n) is 6.27. The molecule has 100 valence electrons. The highest BCUT2D eigenvalue weighted by Gasteiger charge is 2.25. The Kier molecular flexibility index (Phi) is 3.21. The van der Waals surface area contributed by atoms with E-state index < -0.39 is 0 Å². The predicted molar refractivity (Wildman–Crippen MR) is 79.2 cm³/mol. The van der Waals surface area contributed by atoms with Crippen molar-refractivity contribution in [3.63, 3.8) is 0 Å². The van der Waals surface area contributed by atoms with Crippen LogP contribution in [-0.2, 0) is 4.84 Å². The zero-order valence-corrected chi connectivity index (χ0v) is 11.3. The van der Waals surface area contributed by atoms with Crippen molar-refractivity contribution in [2.45, 2.75) is 0 Å². The number of aliphatic imine (C=N–C) groups is 1. The van der Waals surface area contributed by atoms with Crippen LogP contribution in [0.2, 0.25) is 0 Å². The molecule has 0 amide bonds. The maximum absolute atomic E-state index is 5.26. The molecule has 0 fully saturated rings. The fourth-order valence-corrected chi connectivity index (χ4v) is 2.21. The van der Waals surface area contributed by atoms with Crippen molar-refractivity contribution in [2.75, 3.05) is 14.2 Å². The van der Waals surface area contributed by atoms with Gasteiger partial charge in [-0.05, 0) is 18.2 Å². The Bertz CT molecular complexity index is 691. The number of benzene rings is 2. The van der Waals surface area contributed by atoms with Crippen molar-refractivity contribution in [2.24, 2.45) is 10.1 Å². The topological polar surface area (TPSA) is 43.2 Å². The van der Waals surface area contributed by atoms with Crippen LogP contribution in [0.25, 0.3) is 0 Å². The van der Waals surface area contributed by atoms with Crippen LogP contribution < -0.4 is 4.74 Å². The van der Waals surface area contributed by atoms with E-state index >= 15 is 0 Å². The molecule has 0 spiro atoms. The van der Waals surface area contributed by atoms with Crippen molar-refractivity contribution in [3.05, 3.63) is 59.7 Å². The van der Waals surface area contributed by atoms with E-state index in [0.29, 0.717) is 0 Å². The monoisotopic (exact) mass is 266 g/mol. The van der Waals surface area contributed by atoms with Gasteiger partial charge in [0.2, 0.25) is 0 Å². The lowest BCUT2D eigenvalue weighted by Gasteiger charge is -2.05. The lowest BCUT2D eigenvalue weighted by molar-refractivity contribution is 0.214. The van der Waals surface area contributed by atoms with Crippen molar-refractivity contribution in [1.29, 1.82) is 0 Å². The molecular formula is C16H14N2O2. The Morgan fingerprint density at radius 2 is 1.80 bits per heavy atom. The standard InChI is InChI=1S/C16H14N2O2/c1-19-12-8-9-14-13(10-12)16(18-20-2)15(17-14)11-6-4-3-5-7-11/h3-10H,1-2H3/b18-16-. The fourth-order valence-electron chi connectivity index (χ4n) is 2.21. The van der Waals surface area contributed by atoms with Crippen LogP contribution in [-0.4, -0.2) is 25.6 Å². The minimum atomic E-state index is 0.729. The minimum absolute atomic E-state index is 0.729. The van der Waals surface area contributed by atoms with E-state index in [1.807, 2.05) is 48.5 Å². The molecule has 3 rings (SSSR count). The molecule has 1 heterocycles. The molecule has 2 aromatic carbocycles. The summed E-state index contributed by atoms with van der Waals surface area (Å²) in [5, 5.41) is 4.13. The molecule has 1 aliphatic rings. The zero-order valence-electron chi connectivity index (χ0n) is 11.3. The molecular weight excluding hydrogens is 252 g/mol. The van der Waals surface area contributed by atoms with E-state index in [-0.39, 0.29) is 0 Å². The van der Waals surface area contributed by atoms with Gasteiger partial charge in [-0.2, -0.15) is 0 Å². The lowest BCUT2D eigenvalue weighted by atomic mass is 10.0. The average Bonchev–Trinajstić information content (AvgIpc) is 2.86. The zero-order chi connectivity index (χ0) is 13.9. The fraction of sp³-hybridized carbons (Fsp3) is 0.125. The molecule has 4 heteroatoms. The number of methoxy groups -OCH3 is 1. The minimum Gasteiger partial charge on any atom is -0.497 e. The number of hydrogen-bond acceptors (Lipinski definition) is 4. The molecule has 2 aromatic rings. The molecule has 0 N–H and O–H groups in total. The van der Waals surface area contributed by atoms with Crippen LogP contribution in [0.5, 0.6) is 5.75 Å². The summed E-state index contributed by atoms with van der Waals surface area (Å²) < 4.78 is 5.26. The van der Waals surface area contributed by atoms with Crippen molar-refractivity contribution < 1.29 is 9.57 Å². The van der Waals surface area contributed by atoms with Gasteiger partial charge in [-0.25, -0.2) is 4.99 Å². The summed E-state index contributed by atoms with van der Waals surface area (Å²) in [5.74, 6) is 0.775. The Morgan fingerprint density at radius 1 is 1.00 bits per heavy atom. The third-order valence-corrected chi connectivity index (χ3v) is 3.15. The van der Waals surface area contributed by atoms with Crippen LogP contribution in [0.1, 0.15) is 11.1 Å². The molecule has 0 saturated heterocycles. The highest BCUT2D eigenvalue weighted by atomic mass is 16.6. The van der Waals surface area contributed by atoms with Crippen LogP contribution in [0.15, 0.2) is 58.7 Å². The second-order valence-corrected chi connectivity index (χ2v) is 4.33. The third-order valence-electron chi connectivity index (χ3n) is 3.15. The number of nitrogens with zero attached hydrogens (tertiary/aromatic N) is 2. The highest BCUT2D eigenvalue weighted by Crippen LogP contribution is 2.32. The molecule has 0 aromatic heterocycles. The van der Waals surface area contributed by atoms with Gasteiger partial charge in [-0.1, -0.05) is 35.5 Å². The molecule has 4 nitrogen and oxygen atoms in total. The Hall–Kier alpha value is -2.62. The first-order chi connectivity index (χ1) is 9.83. The molecule has 20 heavy (non-hydrogen) atoms. The maximum Gasteiger partial charge on any atom is 0.138 e. The van der Waals surface area contributed by atoms with Crippen molar-refractivity contribution >= 4 is 17.1 Å². The molecule has 0 atom stereocenters. The Balaban J connectivity index is 2.12. The lowest BCUT2D eigenvalue weighted by Crippen LogP contribution is -2.13. The number of rotatable bonds is 3. The van der Waals surface area contributed by atoms with E-state index in [4.69, 9.17) is 9.57 Å². The van der Waals surface area contributed by atoms with Gasteiger partial charge in [0.05, 0.1) is 12.8 Å². The van der Waals surface area contributed by atoms with E-state index in [1.165, 1.54) is 7.11 Å². The van der Waals surface area contributed by atoms with E-state index in [2.05, 4.69) is 10.1 Å². The molecule has 0 saturated carbocycles. The molecule has 1 aliphatic heterocycles. The summed E-state index contributed by atoms with van der Waals surface area (Å²) in [6.45, 7) is 0. The molecule has 0 aliphatic carbocycles. The summed E-state index contributed by atoms with van der Waals surface area (Å²) >= 11 is 0. The maximum atomic E-state index is 5.26. The van der Waals surface area contributed by atoms with Crippen molar-refractivity contribution in [1.82, 2.24) is 0 Å². The van der Waals surface area contributed by atoms with Crippen LogP contribution in [0.3, 0.4) is 0 Å². The summed E-state index contributed by atoms with van der Waals surface area (Å²) in [5.41, 5.74) is 4.35. The average molecular weight is 266 g/mol. The van der Waals surface area contributed by atoms with Gasteiger partial charge in [-0.15, -0.1) is 0 Å². The number of ether oxygens (including phenoxy) is 1. The first kappa shape index (κ1) is 12.4. The molecule has 0 radical (unpaired) electrons. The number of oxime groups is 1. The smallest absolute Gasteiger partial charge is 0.138 e. The SMILES string of the molecule is CO/N=C1\C(c2ccccc2)=Nc2ccc(OC)cc21.